The number of amides is 1. The van der Waals surface area contributed by atoms with Gasteiger partial charge in [-0.1, -0.05) is 31.2 Å². The molecule has 1 aromatic rings. The van der Waals surface area contributed by atoms with Crippen LogP contribution in [-0.4, -0.2) is 23.7 Å². The fourth-order valence-corrected chi connectivity index (χ4v) is 2.43. The van der Waals surface area contributed by atoms with Crippen LogP contribution in [0.25, 0.3) is 0 Å². The van der Waals surface area contributed by atoms with E-state index in [0.717, 1.165) is 24.0 Å². The third-order valence-electron chi connectivity index (χ3n) is 3.62. The second-order valence-corrected chi connectivity index (χ2v) is 4.91. The average Bonchev–Trinajstić information content (AvgIpc) is 2.93. The minimum atomic E-state index is -0.0123. The molecule has 4 nitrogen and oxygen atoms in total. The van der Waals surface area contributed by atoms with Gasteiger partial charge in [-0.3, -0.25) is 4.79 Å². The Hall–Kier alpha value is -1.39. The Morgan fingerprint density at radius 2 is 2.05 bits per heavy atom. The Bertz CT molecular complexity index is 416. The maximum absolute atomic E-state index is 12.1. The molecule has 2 unspecified atom stereocenters. The van der Waals surface area contributed by atoms with Gasteiger partial charge in [0.1, 0.15) is 0 Å². The molecule has 0 aliphatic carbocycles. The Balaban J connectivity index is 1.85. The summed E-state index contributed by atoms with van der Waals surface area (Å²) in [6.45, 7) is 3.30. The van der Waals surface area contributed by atoms with E-state index in [1.54, 1.807) is 0 Å². The van der Waals surface area contributed by atoms with E-state index in [1.807, 2.05) is 31.2 Å². The molecule has 1 aromatic carbocycles. The van der Waals surface area contributed by atoms with Crippen LogP contribution >= 0.6 is 0 Å². The molecule has 4 heteroatoms. The van der Waals surface area contributed by atoms with Gasteiger partial charge < -0.3 is 15.2 Å². The van der Waals surface area contributed by atoms with Gasteiger partial charge in [0.2, 0.25) is 5.91 Å². The summed E-state index contributed by atoms with van der Waals surface area (Å²) in [6.07, 6.45) is 1.76. The highest BCUT2D eigenvalue weighted by Crippen LogP contribution is 2.23. The number of aliphatic hydroxyl groups is 1. The molecule has 19 heavy (non-hydrogen) atoms. The van der Waals surface area contributed by atoms with Crippen molar-refractivity contribution in [1.29, 1.82) is 0 Å². The van der Waals surface area contributed by atoms with Crippen molar-refractivity contribution in [3.8, 4) is 0 Å². The third kappa shape index (κ3) is 3.55. The SMILES string of the molecule is CCC1OCCC1C(=O)NCc1ccc(CO)cc1. The lowest BCUT2D eigenvalue weighted by Gasteiger charge is -2.16. The number of ether oxygens (including phenoxy) is 1. The van der Waals surface area contributed by atoms with Crippen LogP contribution in [0.2, 0.25) is 0 Å². The lowest BCUT2D eigenvalue weighted by molar-refractivity contribution is -0.126. The fraction of sp³-hybridized carbons (Fsp3) is 0.533. The van der Waals surface area contributed by atoms with E-state index >= 15 is 0 Å². The maximum Gasteiger partial charge on any atom is 0.226 e. The first-order valence-electron chi connectivity index (χ1n) is 6.82. The fourth-order valence-electron chi connectivity index (χ4n) is 2.43. The topological polar surface area (TPSA) is 58.6 Å². The van der Waals surface area contributed by atoms with Crippen molar-refractivity contribution in [2.24, 2.45) is 5.92 Å². The highest BCUT2D eigenvalue weighted by Gasteiger charge is 2.32. The van der Waals surface area contributed by atoms with Crippen molar-refractivity contribution in [3.63, 3.8) is 0 Å². The molecule has 0 bridgehead atoms. The molecule has 0 aromatic heterocycles. The monoisotopic (exact) mass is 263 g/mol. The maximum atomic E-state index is 12.1. The summed E-state index contributed by atoms with van der Waals surface area (Å²) >= 11 is 0. The molecule has 1 saturated heterocycles. The van der Waals surface area contributed by atoms with Crippen LogP contribution in [0.4, 0.5) is 0 Å². The number of carbonyl (C=O) groups excluding carboxylic acids is 1. The van der Waals surface area contributed by atoms with Gasteiger partial charge in [0.15, 0.2) is 0 Å². The highest BCUT2D eigenvalue weighted by atomic mass is 16.5. The quantitative estimate of drug-likeness (QED) is 0.848. The van der Waals surface area contributed by atoms with Gasteiger partial charge in [0.05, 0.1) is 18.6 Å². The summed E-state index contributed by atoms with van der Waals surface area (Å²) in [4.78, 5) is 12.1. The normalized spacial score (nSPS) is 22.4. The van der Waals surface area contributed by atoms with Gasteiger partial charge in [-0.25, -0.2) is 0 Å². The molecule has 1 amide bonds. The number of hydrogen-bond acceptors (Lipinski definition) is 3. The second kappa shape index (κ2) is 6.68. The number of rotatable bonds is 5. The van der Waals surface area contributed by atoms with E-state index in [-0.39, 0.29) is 24.5 Å². The van der Waals surface area contributed by atoms with E-state index in [9.17, 15) is 4.79 Å². The molecule has 2 rings (SSSR count). The molecule has 1 fully saturated rings. The Morgan fingerprint density at radius 3 is 2.68 bits per heavy atom. The summed E-state index contributed by atoms with van der Waals surface area (Å²) in [7, 11) is 0. The number of benzene rings is 1. The molecule has 1 aliphatic rings. The highest BCUT2D eigenvalue weighted by molar-refractivity contribution is 5.79. The van der Waals surface area contributed by atoms with Crippen molar-refractivity contribution in [1.82, 2.24) is 5.32 Å². The lowest BCUT2D eigenvalue weighted by Crippen LogP contribution is -2.34. The number of carbonyl (C=O) groups is 1. The van der Waals surface area contributed by atoms with E-state index in [0.29, 0.717) is 13.2 Å². The van der Waals surface area contributed by atoms with Gasteiger partial charge in [0.25, 0.3) is 0 Å². The third-order valence-corrected chi connectivity index (χ3v) is 3.62. The Labute approximate surface area is 113 Å². The van der Waals surface area contributed by atoms with Crippen molar-refractivity contribution < 1.29 is 14.6 Å². The summed E-state index contributed by atoms with van der Waals surface area (Å²) in [5.41, 5.74) is 1.92. The van der Waals surface area contributed by atoms with Gasteiger partial charge >= 0.3 is 0 Å². The smallest absolute Gasteiger partial charge is 0.226 e. The number of nitrogens with one attached hydrogen (secondary N) is 1. The van der Waals surface area contributed by atoms with Crippen LogP contribution in [-0.2, 0) is 22.7 Å². The predicted octanol–water partition coefficient (Wildman–Crippen LogP) is 1.61. The van der Waals surface area contributed by atoms with E-state index in [2.05, 4.69) is 5.32 Å². The largest absolute Gasteiger partial charge is 0.392 e. The lowest BCUT2D eigenvalue weighted by atomic mass is 9.98. The van der Waals surface area contributed by atoms with Gasteiger partial charge in [-0.05, 0) is 24.0 Å². The van der Waals surface area contributed by atoms with Crippen molar-refractivity contribution >= 4 is 5.91 Å². The predicted molar refractivity (Wildman–Crippen MR) is 72.3 cm³/mol. The zero-order chi connectivity index (χ0) is 13.7. The van der Waals surface area contributed by atoms with Crippen molar-refractivity contribution in [2.75, 3.05) is 6.61 Å². The zero-order valence-electron chi connectivity index (χ0n) is 11.3. The van der Waals surface area contributed by atoms with E-state index in [1.165, 1.54) is 0 Å². The van der Waals surface area contributed by atoms with Gasteiger partial charge in [0, 0.05) is 13.2 Å². The van der Waals surface area contributed by atoms with Crippen LogP contribution in [0.3, 0.4) is 0 Å². The summed E-state index contributed by atoms with van der Waals surface area (Å²) in [6, 6.07) is 7.59. The van der Waals surface area contributed by atoms with Crippen molar-refractivity contribution in [2.45, 2.75) is 39.0 Å². The summed E-state index contributed by atoms with van der Waals surface area (Å²) in [5.74, 6) is 0.0669. The molecule has 0 radical (unpaired) electrons. The summed E-state index contributed by atoms with van der Waals surface area (Å²) < 4.78 is 5.53. The minimum absolute atomic E-state index is 0.0123. The van der Waals surface area contributed by atoms with E-state index in [4.69, 9.17) is 9.84 Å². The molecule has 1 heterocycles. The first kappa shape index (κ1) is 14.0. The van der Waals surface area contributed by atoms with E-state index < -0.39 is 0 Å². The molecular formula is C15H21NO3. The standard InChI is InChI=1S/C15H21NO3/c1-2-14-13(7-8-19-14)15(18)16-9-11-3-5-12(10-17)6-4-11/h3-6,13-14,17H,2,7-10H2,1H3,(H,16,18). The Kier molecular flexibility index (Phi) is 4.93. The average molecular weight is 263 g/mol. The van der Waals surface area contributed by atoms with Crippen LogP contribution in [0.5, 0.6) is 0 Å². The van der Waals surface area contributed by atoms with Crippen LogP contribution in [0, 0.1) is 5.92 Å². The molecule has 104 valence electrons. The molecule has 0 saturated carbocycles. The molecule has 0 spiro atoms. The van der Waals surface area contributed by atoms with Gasteiger partial charge in [-0.15, -0.1) is 0 Å². The van der Waals surface area contributed by atoms with Crippen LogP contribution in [0.1, 0.15) is 30.9 Å². The van der Waals surface area contributed by atoms with Crippen LogP contribution in [0.15, 0.2) is 24.3 Å². The molecule has 1 aliphatic heterocycles. The first-order chi connectivity index (χ1) is 9.24. The van der Waals surface area contributed by atoms with Gasteiger partial charge in [-0.2, -0.15) is 0 Å². The first-order valence-corrected chi connectivity index (χ1v) is 6.82. The second-order valence-electron chi connectivity index (χ2n) is 4.91. The van der Waals surface area contributed by atoms with Crippen LogP contribution < -0.4 is 5.32 Å². The molecule has 2 atom stereocenters. The number of aliphatic hydroxyl groups excluding tert-OH is 1. The molecule has 2 N–H and O–H groups in total. The minimum Gasteiger partial charge on any atom is -0.392 e. The zero-order valence-corrected chi connectivity index (χ0v) is 11.3. The Morgan fingerprint density at radius 1 is 1.37 bits per heavy atom. The van der Waals surface area contributed by atoms with Crippen molar-refractivity contribution in [3.05, 3.63) is 35.4 Å². The molecular weight excluding hydrogens is 242 g/mol. The number of hydrogen-bond donors (Lipinski definition) is 2. The summed E-state index contributed by atoms with van der Waals surface area (Å²) in [5, 5.41) is 11.9.